The molecule has 28 heavy (non-hydrogen) atoms. The van der Waals surface area contributed by atoms with Gasteiger partial charge in [0, 0.05) is 38.3 Å². The zero-order valence-corrected chi connectivity index (χ0v) is 16.3. The topological polar surface area (TPSA) is 38.1 Å². The Morgan fingerprint density at radius 2 is 1.86 bits per heavy atom. The molecule has 0 N–H and O–H groups in total. The van der Waals surface area contributed by atoms with Crippen molar-refractivity contribution >= 4 is 16.8 Å². The van der Waals surface area contributed by atoms with Crippen LogP contribution in [0.4, 0.5) is 13.2 Å². The number of aryl methyl sites for hydroxylation is 1. The van der Waals surface area contributed by atoms with Crippen LogP contribution in [0.5, 0.6) is 0 Å². The first-order valence-electron chi connectivity index (χ1n) is 8.88. The maximum absolute atomic E-state index is 13.3. The number of carbonyl (C=O) groups excluding carboxylic acids is 1. The third-order valence-electron chi connectivity index (χ3n) is 5.07. The van der Waals surface area contributed by atoms with Crippen molar-refractivity contribution in [2.24, 2.45) is 0 Å². The number of aromatic nitrogens is 2. The van der Waals surface area contributed by atoms with Crippen molar-refractivity contribution in [3.05, 3.63) is 64.6 Å². The molecule has 0 unspecified atom stereocenters. The van der Waals surface area contributed by atoms with Crippen LogP contribution < -0.4 is 0 Å². The molecule has 0 fully saturated rings. The molecule has 1 amide bonds. The third-order valence-corrected chi connectivity index (χ3v) is 5.07. The Hall–Kier alpha value is -2.83. The summed E-state index contributed by atoms with van der Waals surface area (Å²) in [6.45, 7) is 3.51. The van der Waals surface area contributed by atoms with E-state index in [-0.39, 0.29) is 18.0 Å². The molecule has 0 aliphatic carbocycles. The van der Waals surface area contributed by atoms with E-state index in [9.17, 15) is 18.0 Å². The van der Waals surface area contributed by atoms with Crippen molar-refractivity contribution in [2.45, 2.75) is 33.0 Å². The first kappa shape index (κ1) is 19.9. The molecular formula is C21H22F3N3O. The Morgan fingerprint density at radius 1 is 1.14 bits per heavy atom. The summed E-state index contributed by atoms with van der Waals surface area (Å²) in [4.78, 5) is 18.0. The maximum Gasteiger partial charge on any atom is 0.416 e. The highest BCUT2D eigenvalue weighted by molar-refractivity contribution is 5.85. The molecule has 0 spiro atoms. The Labute approximate surface area is 161 Å². The molecule has 4 nitrogen and oxygen atoms in total. The van der Waals surface area contributed by atoms with Gasteiger partial charge in [-0.2, -0.15) is 13.2 Å². The van der Waals surface area contributed by atoms with E-state index in [0.717, 1.165) is 22.5 Å². The number of halogens is 3. The van der Waals surface area contributed by atoms with Gasteiger partial charge in [-0.05, 0) is 48.7 Å². The third kappa shape index (κ3) is 3.74. The van der Waals surface area contributed by atoms with Crippen LogP contribution in [-0.4, -0.2) is 34.5 Å². The number of nitrogens with zero attached hydrogens (tertiary/aromatic N) is 3. The summed E-state index contributed by atoms with van der Waals surface area (Å²) in [6, 6.07) is 6.31. The number of alkyl halides is 3. The normalized spacial score (nSPS) is 11.8. The predicted octanol–water partition coefficient (Wildman–Crippen LogP) is 4.35. The van der Waals surface area contributed by atoms with Crippen LogP contribution in [0, 0.1) is 13.8 Å². The molecule has 0 saturated carbocycles. The molecule has 3 aromatic rings. The van der Waals surface area contributed by atoms with Crippen LogP contribution in [0.1, 0.15) is 27.9 Å². The number of pyridine rings is 1. The van der Waals surface area contributed by atoms with Gasteiger partial charge in [0.05, 0.1) is 16.8 Å². The summed E-state index contributed by atoms with van der Waals surface area (Å²) < 4.78 is 41.7. The average molecular weight is 389 g/mol. The van der Waals surface area contributed by atoms with Gasteiger partial charge >= 0.3 is 6.18 Å². The van der Waals surface area contributed by atoms with Gasteiger partial charge in [0.15, 0.2) is 0 Å². The monoisotopic (exact) mass is 389 g/mol. The van der Waals surface area contributed by atoms with Gasteiger partial charge < -0.3 is 9.47 Å². The molecule has 0 atom stereocenters. The molecule has 0 aliphatic rings. The summed E-state index contributed by atoms with van der Waals surface area (Å²) in [5.41, 5.74) is 2.57. The quantitative estimate of drug-likeness (QED) is 0.665. The second-order valence-corrected chi connectivity index (χ2v) is 7.13. The van der Waals surface area contributed by atoms with Gasteiger partial charge in [0.2, 0.25) is 5.91 Å². The minimum atomic E-state index is -4.39. The van der Waals surface area contributed by atoms with Gasteiger partial charge in [-0.15, -0.1) is 0 Å². The standard InChI is InChI=1S/C21H22F3N3O/c1-13-5-6-17(21(22,23)24)14(2)16(13)11-18-15-8-10-27(12-20(28)26(3)4)19(15)7-9-25-18/h5-10H,11-12H2,1-4H3. The first-order valence-corrected chi connectivity index (χ1v) is 8.88. The number of hydrogen-bond donors (Lipinski definition) is 0. The molecule has 2 aromatic heterocycles. The highest BCUT2D eigenvalue weighted by atomic mass is 19.4. The van der Waals surface area contributed by atoms with Crippen LogP contribution in [0.25, 0.3) is 10.9 Å². The molecule has 0 aliphatic heterocycles. The predicted molar refractivity (Wildman–Crippen MR) is 102 cm³/mol. The second-order valence-electron chi connectivity index (χ2n) is 7.13. The number of benzene rings is 1. The Balaban J connectivity index is 2.03. The molecule has 0 radical (unpaired) electrons. The van der Waals surface area contributed by atoms with Gasteiger partial charge in [0.25, 0.3) is 0 Å². The molecule has 2 heterocycles. The van der Waals surface area contributed by atoms with Crippen molar-refractivity contribution in [1.29, 1.82) is 0 Å². The van der Waals surface area contributed by atoms with Crippen molar-refractivity contribution < 1.29 is 18.0 Å². The van der Waals surface area contributed by atoms with E-state index in [0.29, 0.717) is 17.7 Å². The van der Waals surface area contributed by atoms with Gasteiger partial charge in [-0.1, -0.05) is 6.07 Å². The maximum atomic E-state index is 13.3. The summed E-state index contributed by atoms with van der Waals surface area (Å²) in [6.07, 6.45) is -0.651. The molecule has 0 bridgehead atoms. The molecule has 1 aromatic carbocycles. The van der Waals surface area contributed by atoms with Crippen molar-refractivity contribution in [2.75, 3.05) is 14.1 Å². The fraction of sp³-hybridized carbons (Fsp3) is 0.333. The fourth-order valence-corrected chi connectivity index (χ4v) is 3.39. The molecule has 3 rings (SSSR count). The lowest BCUT2D eigenvalue weighted by atomic mass is 9.93. The number of amides is 1. The van der Waals surface area contributed by atoms with E-state index < -0.39 is 11.7 Å². The summed E-state index contributed by atoms with van der Waals surface area (Å²) in [7, 11) is 3.39. The Kier molecular flexibility index (Phi) is 5.19. The van der Waals surface area contributed by atoms with Crippen LogP contribution in [0.2, 0.25) is 0 Å². The van der Waals surface area contributed by atoms with Gasteiger partial charge in [-0.25, -0.2) is 0 Å². The van der Waals surface area contributed by atoms with Crippen molar-refractivity contribution in [3.8, 4) is 0 Å². The summed E-state index contributed by atoms with van der Waals surface area (Å²) in [5, 5.41) is 0.838. The fourth-order valence-electron chi connectivity index (χ4n) is 3.39. The largest absolute Gasteiger partial charge is 0.416 e. The summed E-state index contributed by atoms with van der Waals surface area (Å²) >= 11 is 0. The summed E-state index contributed by atoms with van der Waals surface area (Å²) in [5.74, 6) is -0.0413. The zero-order chi connectivity index (χ0) is 20.6. The van der Waals surface area contributed by atoms with Crippen molar-refractivity contribution in [1.82, 2.24) is 14.5 Å². The highest BCUT2D eigenvalue weighted by Crippen LogP contribution is 2.35. The lowest BCUT2D eigenvalue weighted by Crippen LogP contribution is -2.25. The molecular weight excluding hydrogens is 367 g/mol. The lowest BCUT2D eigenvalue weighted by molar-refractivity contribution is -0.138. The SMILES string of the molecule is Cc1ccc(C(F)(F)F)c(C)c1Cc1nccc2c1ccn2CC(=O)N(C)C. The van der Waals surface area contributed by atoms with Crippen LogP contribution in [0.15, 0.2) is 36.7 Å². The average Bonchev–Trinajstić information content (AvgIpc) is 3.01. The first-order chi connectivity index (χ1) is 13.1. The number of likely N-dealkylation sites (N-methyl/N-ethyl adjacent to an activating group) is 1. The lowest BCUT2D eigenvalue weighted by Gasteiger charge is -2.17. The van der Waals surface area contributed by atoms with E-state index in [4.69, 9.17) is 0 Å². The minimum Gasteiger partial charge on any atom is -0.347 e. The van der Waals surface area contributed by atoms with Gasteiger partial charge in [0.1, 0.15) is 6.54 Å². The van der Waals surface area contributed by atoms with Crippen molar-refractivity contribution in [3.63, 3.8) is 0 Å². The molecule has 7 heteroatoms. The number of rotatable bonds is 4. The van der Waals surface area contributed by atoms with Gasteiger partial charge in [-0.3, -0.25) is 9.78 Å². The van der Waals surface area contributed by atoms with E-state index in [2.05, 4.69) is 4.98 Å². The van der Waals surface area contributed by atoms with E-state index in [1.165, 1.54) is 17.9 Å². The Bertz CT molecular complexity index is 1040. The number of fused-ring (bicyclic) bond motifs is 1. The number of hydrogen-bond acceptors (Lipinski definition) is 2. The van der Waals surface area contributed by atoms with Crippen LogP contribution in [0.3, 0.4) is 0 Å². The van der Waals surface area contributed by atoms with Crippen LogP contribution >= 0.6 is 0 Å². The van der Waals surface area contributed by atoms with E-state index in [1.807, 2.05) is 29.8 Å². The molecule has 0 saturated heterocycles. The van der Waals surface area contributed by atoms with Crippen LogP contribution in [-0.2, 0) is 23.9 Å². The van der Waals surface area contributed by atoms with E-state index >= 15 is 0 Å². The minimum absolute atomic E-state index is 0.0413. The second kappa shape index (κ2) is 7.30. The van der Waals surface area contributed by atoms with E-state index in [1.54, 1.807) is 20.3 Å². The zero-order valence-electron chi connectivity index (χ0n) is 16.3. The number of carbonyl (C=O) groups is 1. The highest BCUT2D eigenvalue weighted by Gasteiger charge is 2.33. The Morgan fingerprint density at radius 3 is 2.50 bits per heavy atom. The molecule has 148 valence electrons. The smallest absolute Gasteiger partial charge is 0.347 e.